The van der Waals surface area contributed by atoms with Crippen molar-refractivity contribution in [2.75, 3.05) is 0 Å². The van der Waals surface area contributed by atoms with E-state index in [4.69, 9.17) is 0 Å². The van der Waals surface area contributed by atoms with E-state index in [1.807, 2.05) is 0 Å². The van der Waals surface area contributed by atoms with Crippen LogP contribution in [-0.4, -0.2) is 0 Å². The molecule has 0 aliphatic heterocycles. The van der Waals surface area contributed by atoms with E-state index in [1.54, 1.807) is 0 Å². The van der Waals surface area contributed by atoms with Crippen molar-refractivity contribution in [3.8, 4) is 11.1 Å². The molecule has 0 bridgehead atoms. The molecule has 0 N–H and O–H groups in total. The summed E-state index contributed by atoms with van der Waals surface area (Å²) in [6, 6.07) is 26.2. The zero-order valence-electron chi connectivity index (χ0n) is 15.7. The van der Waals surface area contributed by atoms with Crippen LogP contribution in [0.25, 0.3) is 11.1 Å². The zero-order valence-corrected chi connectivity index (χ0v) is 15.7. The molecule has 0 unspecified atom stereocenters. The smallest absolute Gasteiger partial charge is 0.185 e. The molecule has 1 nitrogen and oxygen atoms in total. The van der Waals surface area contributed by atoms with Gasteiger partial charge in [-0.15, -0.1) is 0 Å². The van der Waals surface area contributed by atoms with Crippen molar-refractivity contribution in [2.24, 2.45) is 0 Å². The minimum Gasteiger partial charge on any atom is -0.195 e. The van der Waals surface area contributed by atoms with Crippen LogP contribution in [0.4, 0.5) is 0 Å². The summed E-state index contributed by atoms with van der Waals surface area (Å²) in [5.74, 6) is 0.953. The second kappa shape index (κ2) is 7.65. The van der Waals surface area contributed by atoms with Crippen LogP contribution in [-0.2, 0) is 6.54 Å². The molecule has 3 rings (SSSR count). The summed E-state index contributed by atoms with van der Waals surface area (Å²) in [7, 11) is 0. The van der Waals surface area contributed by atoms with E-state index in [1.165, 1.54) is 28.1 Å². The van der Waals surface area contributed by atoms with E-state index in [-0.39, 0.29) is 0 Å². The molecule has 0 saturated carbocycles. The van der Waals surface area contributed by atoms with E-state index >= 15 is 0 Å². The fourth-order valence-corrected chi connectivity index (χ4v) is 3.37. The van der Waals surface area contributed by atoms with Crippen molar-refractivity contribution in [1.29, 1.82) is 0 Å². The van der Waals surface area contributed by atoms with Crippen LogP contribution in [0.3, 0.4) is 0 Å². The maximum atomic E-state index is 2.51. The lowest BCUT2D eigenvalue weighted by Crippen LogP contribution is -2.44. The van der Waals surface area contributed by atoms with Crippen LogP contribution >= 0.6 is 0 Å². The Balaban J connectivity index is 2.15. The number of rotatable bonds is 5. The quantitative estimate of drug-likeness (QED) is 0.510. The van der Waals surface area contributed by atoms with Crippen LogP contribution in [0.15, 0.2) is 72.8 Å². The molecule has 25 heavy (non-hydrogen) atoms. The maximum absolute atomic E-state index is 2.51. The maximum Gasteiger partial charge on any atom is 0.185 e. The Hall–Kier alpha value is -2.41. The lowest BCUT2D eigenvalue weighted by Gasteiger charge is -2.16. The molecule has 1 heteroatoms. The molecule has 1 heterocycles. The number of pyridine rings is 1. The van der Waals surface area contributed by atoms with Crippen molar-refractivity contribution >= 4 is 0 Å². The van der Waals surface area contributed by atoms with Crippen LogP contribution < -0.4 is 4.57 Å². The van der Waals surface area contributed by atoms with Gasteiger partial charge < -0.3 is 0 Å². The fourth-order valence-electron chi connectivity index (χ4n) is 3.37. The Bertz CT molecular complexity index is 788. The molecule has 0 saturated heterocycles. The molecule has 0 spiro atoms. The summed E-state index contributed by atoms with van der Waals surface area (Å²) in [6.45, 7) is 10.1. The molecule has 0 fully saturated rings. The molecular formula is C24H28N+. The largest absolute Gasteiger partial charge is 0.195 e. The molecule has 3 aromatic rings. The van der Waals surface area contributed by atoms with E-state index in [2.05, 4.69) is 105 Å². The second-order valence-electron chi connectivity index (χ2n) is 7.34. The first kappa shape index (κ1) is 17.4. The lowest BCUT2D eigenvalue weighted by molar-refractivity contribution is -0.704. The van der Waals surface area contributed by atoms with Crippen molar-refractivity contribution in [1.82, 2.24) is 0 Å². The molecule has 1 aromatic heterocycles. The number of hydrogen-bond acceptors (Lipinski definition) is 0. The molecule has 0 atom stereocenters. The molecule has 0 aliphatic rings. The van der Waals surface area contributed by atoms with Gasteiger partial charge in [0, 0.05) is 29.5 Å². The normalized spacial score (nSPS) is 11.3. The van der Waals surface area contributed by atoms with Gasteiger partial charge in [-0.1, -0.05) is 88.4 Å². The van der Waals surface area contributed by atoms with Gasteiger partial charge in [-0.25, -0.2) is 0 Å². The highest BCUT2D eigenvalue weighted by molar-refractivity contribution is 5.63. The Labute approximate surface area is 152 Å². The summed E-state index contributed by atoms with van der Waals surface area (Å²) in [5.41, 5.74) is 6.75. The predicted octanol–water partition coefficient (Wildman–Crippen LogP) is 5.94. The van der Waals surface area contributed by atoms with Crippen LogP contribution in [0.1, 0.15) is 56.5 Å². The van der Waals surface area contributed by atoms with E-state index < -0.39 is 0 Å². The van der Waals surface area contributed by atoms with Gasteiger partial charge in [-0.3, -0.25) is 0 Å². The Morgan fingerprint density at radius 3 is 1.60 bits per heavy atom. The highest BCUT2D eigenvalue weighted by Crippen LogP contribution is 2.26. The standard InChI is InChI=1S/C24H28N/c1-18(2)23-15-22(21-13-9-6-10-14-21)16-24(19(3)4)25(23)17-20-11-7-5-8-12-20/h5-16,18-19H,17H2,1-4H3/q+1. The first-order chi connectivity index (χ1) is 12.1. The third-order valence-electron chi connectivity index (χ3n) is 4.70. The third kappa shape index (κ3) is 3.99. The van der Waals surface area contributed by atoms with Crippen LogP contribution in [0, 0.1) is 0 Å². The van der Waals surface area contributed by atoms with Gasteiger partial charge in [0.15, 0.2) is 17.9 Å². The number of nitrogens with zero attached hydrogens (tertiary/aromatic N) is 1. The van der Waals surface area contributed by atoms with E-state index in [9.17, 15) is 0 Å². The zero-order chi connectivity index (χ0) is 17.8. The van der Waals surface area contributed by atoms with E-state index in [0.29, 0.717) is 11.8 Å². The van der Waals surface area contributed by atoms with Gasteiger partial charge in [0.2, 0.25) is 0 Å². The van der Waals surface area contributed by atoms with E-state index in [0.717, 1.165) is 6.54 Å². The van der Waals surface area contributed by atoms with Gasteiger partial charge in [-0.05, 0) is 11.1 Å². The van der Waals surface area contributed by atoms with Gasteiger partial charge >= 0.3 is 0 Å². The Morgan fingerprint density at radius 1 is 0.640 bits per heavy atom. The number of aromatic nitrogens is 1. The third-order valence-corrected chi connectivity index (χ3v) is 4.70. The molecule has 0 amide bonds. The first-order valence-corrected chi connectivity index (χ1v) is 9.23. The Kier molecular flexibility index (Phi) is 5.33. The lowest BCUT2D eigenvalue weighted by atomic mass is 9.96. The van der Waals surface area contributed by atoms with Gasteiger partial charge in [0.25, 0.3) is 0 Å². The molecule has 0 radical (unpaired) electrons. The predicted molar refractivity (Wildman–Crippen MR) is 106 cm³/mol. The minimum absolute atomic E-state index is 0.477. The average Bonchev–Trinajstić information content (AvgIpc) is 2.63. The van der Waals surface area contributed by atoms with Gasteiger partial charge in [-0.2, -0.15) is 4.57 Å². The summed E-state index contributed by atoms with van der Waals surface area (Å²) >= 11 is 0. The van der Waals surface area contributed by atoms with Crippen molar-refractivity contribution < 1.29 is 4.57 Å². The van der Waals surface area contributed by atoms with Crippen molar-refractivity contribution in [3.63, 3.8) is 0 Å². The number of benzene rings is 2. The first-order valence-electron chi connectivity index (χ1n) is 9.23. The molecular weight excluding hydrogens is 302 g/mol. The van der Waals surface area contributed by atoms with Crippen LogP contribution in [0.5, 0.6) is 0 Å². The summed E-state index contributed by atoms with van der Waals surface area (Å²) in [6.07, 6.45) is 0. The Morgan fingerprint density at radius 2 is 1.12 bits per heavy atom. The second-order valence-corrected chi connectivity index (χ2v) is 7.34. The SMILES string of the molecule is CC(C)c1cc(-c2ccccc2)cc(C(C)C)[n+]1Cc1ccccc1. The van der Waals surface area contributed by atoms with Gasteiger partial charge in [0.1, 0.15) is 0 Å². The minimum atomic E-state index is 0.477. The molecule has 0 aliphatic carbocycles. The highest BCUT2D eigenvalue weighted by atomic mass is 15.0. The average molecular weight is 330 g/mol. The summed E-state index contributed by atoms with van der Waals surface area (Å²) in [5, 5.41) is 0. The summed E-state index contributed by atoms with van der Waals surface area (Å²) in [4.78, 5) is 0. The molecule has 2 aromatic carbocycles. The van der Waals surface area contributed by atoms with Crippen molar-refractivity contribution in [3.05, 3.63) is 89.7 Å². The summed E-state index contributed by atoms with van der Waals surface area (Å²) < 4.78 is 2.51. The fraction of sp³-hybridized carbons (Fsp3) is 0.292. The monoisotopic (exact) mass is 330 g/mol. The highest BCUT2D eigenvalue weighted by Gasteiger charge is 2.24. The molecule has 128 valence electrons. The van der Waals surface area contributed by atoms with Crippen LogP contribution in [0.2, 0.25) is 0 Å². The van der Waals surface area contributed by atoms with Gasteiger partial charge in [0.05, 0.1) is 0 Å². The number of hydrogen-bond donors (Lipinski definition) is 0. The van der Waals surface area contributed by atoms with Crippen molar-refractivity contribution in [2.45, 2.75) is 46.1 Å². The topological polar surface area (TPSA) is 3.88 Å².